The predicted octanol–water partition coefficient (Wildman–Crippen LogP) is 3.73. The lowest BCUT2D eigenvalue weighted by atomic mass is 10.1. The lowest BCUT2D eigenvalue weighted by Crippen LogP contribution is -2.25. The second-order valence-corrected chi connectivity index (χ2v) is 7.90. The molecule has 0 N–H and O–H groups in total. The summed E-state index contributed by atoms with van der Waals surface area (Å²) in [7, 11) is 1.59. The van der Waals surface area contributed by atoms with Gasteiger partial charge >= 0.3 is 0 Å². The van der Waals surface area contributed by atoms with Crippen molar-refractivity contribution in [2.45, 2.75) is 19.4 Å². The Morgan fingerprint density at radius 1 is 1.12 bits per heavy atom. The second-order valence-electron chi connectivity index (χ2n) is 7.90. The highest BCUT2D eigenvalue weighted by Gasteiger charge is 2.25. The van der Waals surface area contributed by atoms with E-state index in [0.29, 0.717) is 23.8 Å². The van der Waals surface area contributed by atoms with Crippen LogP contribution in [0.3, 0.4) is 0 Å². The molecule has 172 valence electrons. The molecule has 0 saturated carbocycles. The molecule has 1 aliphatic rings. The molecule has 34 heavy (non-hydrogen) atoms. The quantitative estimate of drug-likeness (QED) is 0.415. The van der Waals surface area contributed by atoms with Gasteiger partial charge in [0.25, 0.3) is 0 Å². The Balaban J connectivity index is 1.34. The van der Waals surface area contributed by atoms with Crippen molar-refractivity contribution in [1.82, 2.24) is 19.6 Å². The van der Waals surface area contributed by atoms with Crippen molar-refractivity contribution >= 4 is 11.3 Å². The van der Waals surface area contributed by atoms with Crippen LogP contribution >= 0.6 is 0 Å². The van der Waals surface area contributed by atoms with E-state index in [0.717, 1.165) is 47.7 Å². The highest BCUT2D eigenvalue weighted by Crippen LogP contribution is 2.32. The minimum absolute atomic E-state index is 0.0594. The van der Waals surface area contributed by atoms with Gasteiger partial charge in [-0.15, -0.1) is 0 Å². The van der Waals surface area contributed by atoms with E-state index in [9.17, 15) is 5.26 Å². The van der Waals surface area contributed by atoms with E-state index >= 15 is 0 Å². The second kappa shape index (κ2) is 9.27. The van der Waals surface area contributed by atoms with Gasteiger partial charge in [0.1, 0.15) is 29.5 Å². The van der Waals surface area contributed by atoms with E-state index in [1.54, 1.807) is 36.3 Å². The first-order valence-electron chi connectivity index (χ1n) is 11.1. The maximum absolute atomic E-state index is 9.53. The Labute approximate surface area is 197 Å². The van der Waals surface area contributed by atoms with Crippen LogP contribution in [0.1, 0.15) is 18.9 Å². The van der Waals surface area contributed by atoms with Gasteiger partial charge in [0, 0.05) is 36.4 Å². The average molecular weight is 457 g/mol. The van der Waals surface area contributed by atoms with Crippen LogP contribution < -0.4 is 19.1 Å². The highest BCUT2D eigenvalue weighted by atomic mass is 16.5. The van der Waals surface area contributed by atoms with Gasteiger partial charge in [0.2, 0.25) is 5.88 Å². The molecule has 9 heteroatoms. The largest absolute Gasteiger partial charge is 0.492 e. The zero-order valence-electron chi connectivity index (χ0n) is 19.0. The van der Waals surface area contributed by atoms with Gasteiger partial charge in [-0.05, 0) is 31.2 Å². The molecule has 4 aromatic rings. The first-order chi connectivity index (χ1) is 16.7. The number of aromatic nitrogens is 4. The van der Waals surface area contributed by atoms with Crippen LogP contribution in [0.15, 0.2) is 55.1 Å². The Hall–Kier alpha value is -4.32. The van der Waals surface area contributed by atoms with E-state index in [1.165, 1.54) is 0 Å². The SMILES string of the molecule is CCOc1cc(-c2ccc(N3CCC(Oc4ccc(OC)nc4)C3)nc2)c2c(C#N)cnn2c1. The number of hydrogen-bond acceptors (Lipinski definition) is 8. The molecule has 9 nitrogen and oxygen atoms in total. The van der Waals surface area contributed by atoms with Gasteiger partial charge in [0.15, 0.2) is 0 Å². The fraction of sp³-hybridized carbons (Fsp3) is 0.280. The van der Waals surface area contributed by atoms with Gasteiger partial charge in [-0.3, -0.25) is 0 Å². The number of ether oxygens (including phenoxy) is 3. The Morgan fingerprint density at radius 3 is 2.74 bits per heavy atom. The molecule has 0 spiro atoms. The molecule has 5 heterocycles. The van der Waals surface area contributed by atoms with Gasteiger partial charge in [-0.2, -0.15) is 10.4 Å². The monoisotopic (exact) mass is 456 g/mol. The minimum atomic E-state index is 0.0594. The first-order valence-corrected chi connectivity index (χ1v) is 11.1. The third kappa shape index (κ3) is 4.18. The fourth-order valence-electron chi connectivity index (χ4n) is 4.16. The van der Waals surface area contributed by atoms with Crippen molar-refractivity contribution < 1.29 is 14.2 Å². The molecule has 0 amide bonds. The molecule has 1 unspecified atom stereocenters. The van der Waals surface area contributed by atoms with E-state index in [2.05, 4.69) is 21.1 Å². The number of anilines is 1. The standard InChI is InChI=1S/C25H24N6O3/c1-3-33-21-10-22(25-18(11-26)13-29-31(25)16-21)17-4-6-23(27-12-17)30-9-8-20(15-30)34-19-5-7-24(32-2)28-14-19/h4-7,10,12-14,16,20H,3,8-9,15H2,1-2H3. The van der Waals surface area contributed by atoms with E-state index in [4.69, 9.17) is 19.2 Å². The van der Waals surface area contributed by atoms with Gasteiger partial charge in [0.05, 0.1) is 49.9 Å². The normalized spacial score (nSPS) is 15.3. The summed E-state index contributed by atoms with van der Waals surface area (Å²) < 4.78 is 18.6. The Kier molecular flexibility index (Phi) is 5.87. The molecule has 0 bridgehead atoms. The van der Waals surface area contributed by atoms with Crippen LogP contribution in [0.4, 0.5) is 5.82 Å². The van der Waals surface area contributed by atoms with Crippen molar-refractivity contribution in [3.8, 4) is 34.6 Å². The van der Waals surface area contributed by atoms with E-state index in [-0.39, 0.29) is 6.10 Å². The molecular formula is C25H24N6O3. The number of nitrogens with zero attached hydrogens (tertiary/aromatic N) is 6. The van der Waals surface area contributed by atoms with Crippen molar-refractivity contribution in [2.75, 3.05) is 31.7 Å². The predicted molar refractivity (Wildman–Crippen MR) is 126 cm³/mol. The number of rotatable bonds is 7. The third-order valence-corrected chi connectivity index (χ3v) is 5.77. The van der Waals surface area contributed by atoms with E-state index < -0.39 is 0 Å². The molecule has 0 aliphatic carbocycles. The van der Waals surface area contributed by atoms with Crippen molar-refractivity contribution in [1.29, 1.82) is 5.26 Å². The van der Waals surface area contributed by atoms with Crippen LogP contribution in [0.5, 0.6) is 17.4 Å². The van der Waals surface area contributed by atoms with Crippen molar-refractivity contribution in [3.05, 3.63) is 60.7 Å². The lowest BCUT2D eigenvalue weighted by molar-refractivity contribution is 0.223. The number of methoxy groups -OCH3 is 1. The molecule has 1 saturated heterocycles. The topological polar surface area (TPSA) is 97.8 Å². The maximum Gasteiger partial charge on any atom is 0.213 e. The Bertz CT molecular complexity index is 1330. The summed E-state index contributed by atoms with van der Waals surface area (Å²) in [6.07, 6.45) is 7.82. The molecule has 0 aromatic carbocycles. The van der Waals surface area contributed by atoms with Crippen LogP contribution in [0.2, 0.25) is 0 Å². The number of pyridine rings is 3. The molecule has 1 atom stereocenters. The van der Waals surface area contributed by atoms with Crippen LogP contribution in [-0.2, 0) is 0 Å². The summed E-state index contributed by atoms with van der Waals surface area (Å²) in [6.45, 7) is 4.07. The number of hydrogen-bond donors (Lipinski definition) is 0. The van der Waals surface area contributed by atoms with Gasteiger partial charge in [-0.1, -0.05) is 0 Å². The summed E-state index contributed by atoms with van der Waals surface area (Å²) in [5.41, 5.74) is 3.00. The smallest absolute Gasteiger partial charge is 0.213 e. The molecule has 0 radical (unpaired) electrons. The lowest BCUT2D eigenvalue weighted by Gasteiger charge is -2.18. The molecular weight excluding hydrogens is 432 g/mol. The number of fused-ring (bicyclic) bond motifs is 1. The van der Waals surface area contributed by atoms with Crippen LogP contribution in [-0.4, -0.2) is 52.5 Å². The summed E-state index contributed by atoms with van der Waals surface area (Å²) >= 11 is 0. The maximum atomic E-state index is 9.53. The summed E-state index contributed by atoms with van der Waals surface area (Å²) in [5.74, 6) is 2.86. The van der Waals surface area contributed by atoms with Crippen molar-refractivity contribution in [2.24, 2.45) is 0 Å². The molecule has 5 rings (SSSR count). The summed E-state index contributed by atoms with van der Waals surface area (Å²) in [4.78, 5) is 11.1. The zero-order chi connectivity index (χ0) is 23.5. The first kappa shape index (κ1) is 21.5. The van der Waals surface area contributed by atoms with Gasteiger partial charge < -0.3 is 19.1 Å². The van der Waals surface area contributed by atoms with Crippen LogP contribution in [0.25, 0.3) is 16.6 Å². The molecule has 1 fully saturated rings. The molecule has 4 aromatic heterocycles. The van der Waals surface area contributed by atoms with Crippen molar-refractivity contribution in [3.63, 3.8) is 0 Å². The number of nitriles is 1. The Morgan fingerprint density at radius 2 is 2.03 bits per heavy atom. The minimum Gasteiger partial charge on any atom is -0.492 e. The summed E-state index contributed by atoms with van der Waals surface area (Å²) in [5, 5.41) is 13.8. The fourth-order valence-corrected chi connectivity index (χ4v) is 4.16. The van der Waals surface area contributed by atoms with Crippen LogP contribution in [0, 0.1) is 11.3 Å². The molecule has 1 aliphatic heterocycles. The highest BCUT2D eigenvalue weighted by molar-refractivity contribution is 5.85. The third-order valence-electron chi connectivity index (χ3n) is 5.77. The zero-order valence-corrected chi connectivity index (χ0v) is 19.0. The van der Waals surface area contributed by atoms with Gasteiger partial charge in [-0.25, -0.2) is 14.5 Å². The average Bonchev–Trinajstić information content (AvgIpc) is 3.51. The van der Waals surface area contributed by atoms with E-state index in [1.807, 2.05) is 37.4 Å². The summed E-state index contributed by atoms with van der Waals surface area (Å²) in [6, 6.07) is 11.8.